The van der Waals surface area contributed by atoms with Crippen molar-refractivity contribution in [2.45, 2.75) is 13.3 Å². The highest BCUT2D eigenvalue weighted by Gasteiger charge is 2.18. The van der Waals surface area contributed by atoms with Crippen LogP contribution in [0.3, 0.4) is 0 Å². The molecule has 7 nitrogen and oxygen atoms in total. The number of benzene rings is 2. The monoisotopic (exact) mass is 381 g/mol. The molecular formula is C21H23N3O4. The fourth-order valence-electron chi connectivity index (χ4n) is 2.61. The van der Waals surface area contributed by atoms with Crippen molar-refractivity contribution in [2.75, 3.05) is 26.1 Å². The lowest BCUT2D eigenvalue weighted by atomic mass is 10.1. The third kappa shape index (κ3) is 4.69. The van der Waals surface area contributed by atoms with Crippen LogP contribution >= 0.6 is 0 Å². The maximum Gasteiger partial charge on any atom is 0.263 e. The first-order chi connectivity index (χ1) is 13.6. The Balaban J connectivity index is 1.93. The number of nitrogen functional groups attached to an aromatic ring is 1. The van der Waals surface area contributed by atoms with E-state index in [9.17, 15) is 0 Å². The van der Waals surface area contributed by atoms with Gasteiger partial charge >= 0.3 is 0 Å². The minimum atomic E-state index is -0.161. The van der Waals surface area contributed by atoms with Gasteiger partial charge in [-0.25, -0.2) is 4.98 Å². The van der Waals surface area contributed by atoms with Crippen LogP contribution in [0.25, 0.3) is 0 Å². The number of hydrogen-bond donors (Lipinski definition) is 2. The normalized spacial score (nSPS) is 10.5. The van der Waals surface area contributed by atoms with Crippen molar-refractivity contribution in [1.29, 1.82) is 0 Å². The molecule has 0 atom stereocenters. The van der Waals surface area contributed by atoms with E-state index < -0.39 is 0 Å². The van der Waals surface area contributed by atoms with E-state index in [1.54, 1.807) is 19.2 Å². The van der Waals surface area contributed by atoms with Gasteiger partial charge in [-0.1, -0.05) is 42.0 Å². The second kappa shape index (κ2) is 9.05. The van der Waals surface area contributed by atoms with Gasteiger partial charge in [-0.3, -0.25) is 0 Å². The summed E-state index contributed by atoms with van der Waals surface area (Å²) in [5, 5.41) is 9.13. The summed E-state index contributed by atoms with van der Waals surface area (Å²) in [6.07, 6.45) is 0.495. The molecule has 146 valence electrons. The highest BCUT2D eigenvalue weighted by atomic mass is 16.5. The average Bonchev–Trinajstić information content (AvgIpc) is 2.70. The van der Waals surface area contributed by atoms with E-state index in [1.165, 1.54) is 5.56 Å². The lowest BCUT2D eigenvalue weighted by Crippen LogP contribution is -2.10. The maximum absolute atomic E-state index is 9.13. The second-order valence-corrected chi connectivity index (χ2v) is 6.15. The first-order valence-corrected chi connectivity index (χ1v) is 8.87. The summed E-state index contributed by atoms with van der Waals surface area (Å²) < 4.78 is 16.8. The molecule has 0 radical (unpaired) electrons. The Morgan fingerprint density at radius 3 is 2.39 bits per heavy atom. The van der Waals surface area contributed by atoms with Crippen molar-refractivity contribution in [1.82, 2.24) is 9.97 Å². The molecule has 28 heavy (non-hydrogen) atoms. The lowest BCUT2D eigenvalue weighted by molar-refractivity contribution is 0.192. The van der Waals surface area contributed by atoms with Crippen LogP contribution < -0.4 is 19.9 Å². The number of nitrogens with two attached hydrogens (primary N) is 1. The molecule has 3 N–H and O–H groups in total. The van der Waals surface area contributed by atoms with Gasteiger partial charge in [0.1, 0.15) is 12.4 Å². The standard InChI is InChI=1S/C21H23N3O4/c1-14-7-9-15(10-8-14)13-18-23-20(22)19(21(24-18)27-12-11-25)28-17-6-4-3-5-16(17)26-2/h3-10,25H,11-13H2,1-2H3,(H2,22,23,24). The zero-order valence-corrected chi connectivity index (χ0v) is 15.9. The molecule has 0 unspecified atom stereocenters. The third-order valence-corrected chi connectivity index (χ3v) is 4.00. The summed E-state index contributed by atoms with van der Waals surface area (Å²) in [5.41, 5.74) is 8.38. The molecule has 0 aliphatic carbocycles. The molecule has 0 aliphatic rings. The molecule has 0 aliphatic heterocycles. The summed E-state index contributed by atoms with van der Waals surface area (Å²) in [7, 11) is 1.55. The number of rotatable bonds is 8. The minimum Gasteiger partial charge on any atom is -0.493 e. The van der Waals surface area contributed by atoms with Gasteiger partial charge in [-0.05, 0) is 24.6 Å². The van der Waals surface area contributed by atoms with Crippen molar-refractivity contribution >= 4 is 5.82 Å². The highest BCUT2D eigenvalue weighted by molar-refractivity contribution is 5.56. The lowest BCUT2D eigenvalue weighted by Gasteiger charge is -2.15. The number of anilines is 1. The van der Waals surface area contributed by atoms with Crippen molar-refractivity contribution < 1.29 is 19.3 Å². The number of aryl methyl sites for hydroxylation is 1. The first kappa shape index (κ1) is 19.4. The van der Waals surface area contributed by atoms with Crippen LogP contribution in [-0.2, 0) is 6.42 Å². The van der Waals surface area contributed by atoms with Crippen molar-refractivity contribution in [3.63, 3.8) is 0 Å². The van der Waals surface area contributed by atoms with E-state index in [0.717, 1.165) is 5.56 Å². The van der Waals surface area contributed by atoms with Gasteiger partial charge in [0, 0.05) is 6.42 Å². The Bertz CT molecular complexity index is 929. The fraction of sp³-hybridized carbons (Fsp3) is 0.238. The molecule has 0 bridgehead atoms. The van der Waals surface area contributed by atoms with Crippen LogP contribution in [0.4, 0.5) is 5.82 Å². The molecule has 0 saturated carbocycles. The molecule has 1 heterocycles. The fourth-order valence-corrected chi connectivity index (χ4v) is 2.61. The summed E-state index contributed by atoms with van der Waals surface area (Å²) in [4.78, 5) is 8.82. The number of hydrogen-bond acceptors (Lipinski definition) is 7. The van der Waals surface area contributed by atoms with Crippen molar-refractivity contribution in [2.24, 2.45) is 0 Å². The Kier molecular flexibility index (Phi) is 6.29. The van der Waals surface area contributed by atoms with E-state index in [-0.39, 0.29) is 30.7 Å². The van der Waals surface area contributed by atoms with Crippen molar-refractivity contribution in [3.8, 4) is 23.1 Å². The van der Waals surface area contributed by atoms with Gasteiger partial charge < -0.3 is 25.1 Å². The molecule has 0 amide bonds. The SMILES string of the molecule is COc1ccccc1Oc1c(N)nc(Cc2ccc(C)cc2)nc1OCCO. The van der Waals surface area contributed by atoms with E-state index in [0.29, 0.717) is 23.7 Å². The topological polar surface area (TPSA) is 99.7 Å². The van der Waals surface area contributed by atoms with Gasteiger partial charge in [0.05, 0.1) is 13.7 Å². The Morgan fingerprint density at radius 2 is 1.71 bits per heavy atom. The van der Waals surface area contributed by atoms with Gasteiger partial charge in [0.15, 0.2) is 17.3 Å². The Labute approximate surface area is 163 Å². The summed E-state index contributed by atoms with van der Waals surface area (Å²) in [5.74, 6) is 2.01. The first-order valence-electron chi connectivity index (χ1n) is 8.87. The number of aliphatic hydroxyl groups excluding tert-OH is 1. The molecule has 0 spiro atoms. The maximum atomic E-state index is 9.13. The minimum absolute atomic E-state index is 0.0582. The van der Waals surface area contributed by atoms with Crippen molar-refractivity contribution in [3.05, 3.63) is 65.5 Å². The quantitative estimate of drug-likeness (QED) is 0.618. The molecule has 7 heteroatoms. The van der Waals surface area contributed by atoms with Crippen LogP contribution in [0, 0.1) is 6.92 Å². The average molecular weight is 381 g/mol. The summed E-state index contributed by atoms with van der Waals surface area (Å²) in [6, 6.07) is 15.3. The predicted molar refractivity (Wildman–Crippen MR) is 106 cm³/mol. The zero-order chi connectivity index (χ0) is 19.9. The van der Waals surface area contributed by atoms with E-state index in [2.05, 4.69) is 9.97 Å². The van der Waals surface area contributed by atoms with Crippen LogP contribution in [0.15, 0.2) is 48.5 Å². The summed E-state index contributed by atoms with van der Waals surface area (Å²) in [6.45, 7) is 1.93. The molecule has 0 fully saturated rings. The summed E-state index contributed by atoms with van der Waals surface area (Å²) >= 11 is 0. The van der Waals surface area contributed by atoms with Gasteiger partial charge in [0.2, 0.25) is 5.75 Å². The molecule has 1 aromatic heterocycles. The second-order valence-electron chi connectivity index (χ2n) is 6.15. The van der Waals surface area contributed by atoms with Crippen LogP contribution in [-0.4, -0.2) is 35.4 Å². The molecule has 2 aromatic carbocycles. The van der Waals surface area contributed by atoms with E-state index in [4.69, 9.17) is 25.1 Å². The van der Waals surface area contributed by atoms with Gasteiger partial charge in [0.25, 0.3) is 5.88 Å². The number of para-hydroxylation sites is 2. The zero-order valence-electron chi connectivity index (χ0n) is 15.9. The third-order valence-electron chi connectivity index (χ3n) is 4.00. The molecular weight excluding hydrogens is 358 g/mol. The largest absolute Gasteiger partial charge is 0.493 e. The van der Waals surface area contributed by atoms with Crippen LogP contribution in [0.1, 0.15) is 17.0 Å². The predicted octanol–water partition coefficient (Wildman–Crippen LogP) is 3.13. The molecule has 0 saturated heterocycles. The smallest absolute Gasteiger partial charge is 0.263 e. The van der Waals surface area contributed by atoms with Gasteiger partial charge in [-0.15, -0.1) is 0 Å². The van der Waals surface area contributed by atoms with Crippen LogP contribution in [0.2, 0.25) is 0 Å². The van der Waals surface area contributed by atoms with Gasteiger partial charge in [-0.2, -0.15) is 4.98 Å². The molecule has 3 aromatic rings. The number of methoxy groups -OCH3 is 1. The number of aromatic nitrogens is 2. The van der Waals surface area contributed by atoms with Crippen LogP contribution in [0.5, 0.6) is 23.1 Å². The molecule has 3 rings (SSSR count). The number of ether oxygens (including phenoxy) is 3. The number of aliphatic hydroxyl groups is 1. The highest BCUT2D eigenvalue weighted by Crippen LogP contribution is 2.38. The Hall–Kier alpha value is -3.32. The van der Waals surface area contributed by atoms with E-state index >= 15 is 0 Å². The van der Waals surface area contributed by atoms with E-state index in [1.807, 2.05) is 43.3 Å². The number of nitrogens with zero attached hydrogens (tertiary/aromatic N) is 2. The Morgan fingerprint density at radius 1 is 1.00 bits per heavy atom.